The van der Waals surface area contributed by atoms with Gasteiger partial charge in [-0.3, -0.25) is 0 Å². The monoisotopic (exact) mass is 382 g/mol. The van der Waals surface area contributed by atoms with Crippen LogP contribution in [0.2, 0.25) is 0 Å². The van der Waals surface area contributed by atoms with E-state index < -0.39 is 0 Å². The summed E-state index contributed by atoms with van der Waals surface area (Å²) in [5, 5.41) is 3.38. The summed E-state index contributed by atoms with van der Waals surface area (Å²) in [5.41, 5.74) is 2.43. The number of anilines is 1. The predicted molar refractivity (Wildman–Crippen MR) is 112 cm³/mol. The lowest BCUT2D eigenvalue weighted by Gasteiger charge is -2.36. The Morgan fingerprint density at radius 3 is 2.48 bits per heavy atom. The summed E-state index contributed by atoms with van der Waals surface area (Å²) in [6.45, 7) is 6.70. The highest BCUT2D eigenvalue weighted by Crippen LogP contribution is 2.39. The molecule has 0 N–H and O–H groups in total. The molecule has 6 heteroatoms. The molecular formula is C21H26N4OS. The van der Waals surface area contributed by atoms with E-state index in [2.05, 4.69) is 73.5 Å². The van der Waals surface area contributed by atoms with Crippen LogP contribution in [0.4, 0.5) is 5.82 Å². The maximum absolute atomic E-state index is 5.95. The maximum Gasteiger partial charge on any atom is 0.146 e. The van der Waals surface area contributed by atoms with E-state index in [1.165, 1.54) is 11.1 Å². The number of nitrogens with zero attached hydrogens (tertiary/aromatic N) is 4. The first kappa shape index (κ1) is 18.3. The molecule has 3 aromatic rings. The number of benzene rings is 1. The topological polar surface area (TPSA) is 41.5 Å². The van der Waals surface area contributed by atoms with E-state index >= 15 is 0 Å². The van der Waals surface area contributed by atoms with Crippen molar-refractivity contribution in [1.29, 1.82) is 0 Å². The Bertz CT molecular complexity index is 915. The third-order valence-electron chi connectivity index (χ3n) is 4.72. The number of thiophene rings is 1. The summed E-state index contributed by atoms with van der Waals surface area (Å²) in [4.78, 5) is 15.4. The molecule has 4 rings (SSSR count). The number of hydrogen-bond donors (Lipinski definition) is 0. The van der Waals surface area contributed by atoms with E-state index in [1.807, 2.05) is 0 Å². The van der Waals surface area contributed by atoms with Crippen molar-refractivity contribution in [2.45, 2.75) is 32.6 Å². The standard InChI is InChI=1S/C21H26N4OS/c1-14-10-25(11-15(2)26-14)20-19-17(16-8-6-5-7-9-16)13-27-21(19)23-18(22-20)12-24(3)4/h5-9,13-15H,10-12H2,1-4H3. The molecule has 1 saturated heterocycles. The van der Waals surface area contributed by atoms with Gasteiger partial charge < -0.3 is 14.5 Å². The second kappa shape index (κ2) is 7.54. The van der Waals surface area contributed by atoms with Gasteiger partial charge >= 0.3 is 0 Å². The van der Waals surface area contributed by atoms with Gasteiger partial charge in [0.05, 0.1) is 24.1 Å². The van der Waals surface area contributed by atoms with Crippen LogP contribution in [-0.2, 0) is 11.3 Å². The fourth-order valence-corrected chi connectivity index (χ4v) is 4.69. The minimum absolute atomic E-state index is 0.190. The molecule has 5 nitrogen and oxygen atoms in total. The second-order valence-corrected chi connectivity index (χ2v) is 8.42. The molecule has 1 aromatic carbocycles. The molecule has 0 amide bonds. The third-order valence-corrected chi connectivity index (χ3v) is 5.59. The second-order valence-electron chi connectivity index (χ2n) is 7.56. The average molecular weight is 383 g/mol. The van der Waals surface area contributed by atoms with E-state index in [1.54, 1.807) is 11.3 Å². The van der Waals surface area contributed by atoms with Gasteiger partial charge in [0, 0.05) is 24.0 Å². The van der Waals surface area contributed by atoms with Gasteiger partial charge in [-0.05, 0) is 33.5 Å². The molecule has 1 aliphatic heterocycles. The van der Waals surface area contributed by atoms with Crippen LogP contribution in [0.25, 0.3) is 21.3 Å². The van der Waals surface area contributed by atoms with Crippen LogP contribution in [0.1, 0.15) is 19.7 Å². The number of ether oxygens (including phenoxy) is 1. The Kier molecular flexibility index (Phi) is 5.12. The lowest BCUT2D eigenvalue weighted by Crippen LogP contribution is -2.46. The smallest absolute Gasteiger partial charge is 0.146 e. The fraction of sp³-hybridized carbons (Fsp3) is 0.429. The first-order chi connectivity index (χ1) is 13.0. The quantitative estimate of drug-likeness (QED) is 0.681. The van der Waals surface area contributed by atoms with Crippen molar-refractivity contribution >= 4 is 27.4 Å². The first-order valence-corrected chi connectivity index (χ1v) is 10.3. The predicted octanol–water partition coefficient (Wildman–Crippen LogP) is 4.03. The number of aromatic nitrogens is 2. The molecule has 0 radical (unpaired) electrons. The van der Waals surface area contributed by atoms with Crippen LogP contribution in [0.15, 0.2) is 35.7 Å². The number of hydrogen-bond acceptors (Lipinski definition) is 6. The Balaban J connectivity index is 1.88. The average Bonchev–Trinajstić information content (AvgIpc) is 3.04. The van der Waals surface area contributed by atoms with E-state index in [4.69, 9.17) is 14.7 Å². The van der Waals surface area contributed by atoms with Gasteiger partial charge in [-0.15, -0.1) is 11.3 Å². The van der Waals surface area contributed by atoms with E-state index in [9.17, 15) is 0 Å². The summed E-state index contributed by atoms with van der Waals surface area (Å²) in [6.07, 6.45) is 0.379. The van der Waals surface area contributed by atoms with Crippen LogP contribution in [-0.4, -0.2) is 54.3 Å². The molecule has 2 atom stereocenters. The van der Waals surface area contributed by atoms with Crippen molar-refractivity contribution < 1.29 is 4.74 Å². The van der Waals surface area contributed by atoms with Gasteiger partial charge in [0.1, 0.15) is 16.5 Å². The molecule has 1 aliphatic rings. The minimum Gasteiger partial charge on any atom is -0.372 e. The summed E-state index contributed by atoms with van der Waals surface area (Å²) in [7, 11) is 4.10. The highest BCUT2D eigenvalue weighted by Gasteiger charge is 2.27. The van der Waals surface area contributed by atoms with Crippen LogP contribution in [0.3, 0.4) is 0 Å². The van der Waals surface area contributed by atoms with Crippen molar-refractivity contribution in [1.82, 2.24) is 14.9 Å². The first-order valence-electron chi connectivity index (χ1n) is 9.40. The molecule has 0 aliphatic carbocycles. The molecule has 27 heavy (non-hydrogen) atoms. The molecule has 0 spiro atoms. The van der Waals surface area contributed by atoms with Crippen molar-refractivity contribution in [2.24, 2.45) is 0 Å². The Morgan fingerprint density at radius 1 is 1.11 bits per heavy atom. The van der Waals surface area contributed by atoms with Gasteiger partial charge in [0.15, 0.2) is 0 Å². The largest absolute Gasteiger partial charge is 0.372 e. The maximum atomic E-state index is 5.95. The van der Waals surface area contributed by atoms with Crippen molar-refractivity contribution in [3.63, 3.8) is 0 Å². The number of rotatable bonds is 4. The highest BCUT2D eigenvalue weighted by atomic mass is 32.1. The third kappa shape index (κ3) is 3.83. The van der Waals surface area contributed by atoms with Crippen LogP contribution >= 0.6 is 11.3 Å². The minimum atomic E-state index is 0.190. The van der Waals surface area contributed by atoms with Crippen molar-refractivity contribution in [2.75, 3.05) is 32.1 Å². The Labute approximate surface area is 164 Å². The van der Waals surface area contributed by atoms with E-state index in [-0.39, 0.29) is 12.2 Å². The van der Waals surface area contributed by atoms with Crippen LogP contribution in [0, 0.1) is 0 Å². The molecule has 2 unspecified atom stereocenters. The zero-order chi connectivity index (χ0) is 19.0. The Morgan fingerprint density at radius 2 is 1.81 bits per heavy atom. The van der Waals surface area contributed by atoms with Crippen molar-refractivity contribution in [3.05, 3.63) is 41.5 Å². The SMILES string of the molecule is CC1CN(c2nc(CN(C)C)nc3scc(-c4ccccc4)c23)CC(C)O1. The summed E-state index contributed by atoms with van der Waals surface area (Å²) in [5.74, 6) is 1.91. The summed E-state index contributed by atoms with van der Waals surface area (Å²) < 4.78 is 5.95. The zero-order valence-corrected chi connectivity index (χ0v) is 17.2. The summed E-state index contributed by atoms with van der Waals surface area (Å²) in [6, 6.07) is 10.5. The zero-order valence-electron chi connectivity index (χ0n) is 16.3. The van der Waals surface area contributed by atoms with Gasteiger partial charge in [0.2, 0.25) is 0 Å². The fourth-order valence-electron chi connectivity index (χ4n) is 3.73. The van der Waals surface area contributed by atoms with E-state index in [0.717, 1.165) is 41.5 Å². The molecule has 1 fully saturated rings. The number of morpholine rings is 1. The van der Waals surface area contributed by atoms with Crippen LogP contribution < -0.4 is 4.90 Å². The highest BCUT2D eigenvalue weighted by molar-refractivity contribution is 7.17. The van der Waals surface area contributed by atoms with Gasteiger partial charge in [0.25, 0.3) is 0 Å². The molecule has 3 heterocycles. The molecule has 0 saturated carbocycles. The molecule has 0 bridgehead atoms. The van der Waals surface area contributed by atoms with Crippen LogP contribution in [0.5, 0.6) is 0 Å². The van der Waals surface area contributed by atoms with Crippen molar-refractivity contribution in [3.8, 4) is 11.1 Å². The normalized spacial score (nSPS) is 20.6. The summed E-state index contributed by atoms with van der Waals surface area (Å²) >= 11 is 1.70. The molecular weight excluding hydrogens is 356 g/mol. The Hall–Kier alpha value is -2.02. The van der Waals surface area contributed by atoms with Gasteiger partial charge in [-0.1, -0.05) is 30.3 Å². The molecule has 2 aromatic heterocycles. The van der Waals surface area contributed by atoms with Gasteiger partial charge in [-0.25, -0.2) is 9.97 Å². The van der Waals surface area contributed by atoms with E-state index in [0.29, 0.717) is 0 Å². The lowest BCUT2D eigenvalue weighted by atomic mass is 10.1. The van der Waals surface area contributed by atoms with Gasteiger partial charge in [-0.2, -0.15) is 0 Å². The molecule has 142 valence electrons. The lowest BCUT2D eigenvalue weighted by molar-refractivity contribution is -0.00538. The number of fused-ring (bicyclic) bond motifs is 1.